The molecule has 2 rings (SSSR count). The molecule has 0 unspecified atom stereocenters. The van der Waals surface area contributed by atoms with E-state index in [4.69, 9.17) is 4.74 Å². The number of methoxy groups -OCH3 is 1. The monoisotopic (exact) mass is 433 g/mol. The van der Waals surface area contributed by atoms with Crippen molar-refractivity contribution in [2.45, 2.75) is 13.5 Å². The average molecular weight is 434 g/mol. The van der Waals surface area contributed by atoms with Crippen LogP contribution in [0, 0.1) is 10.5 Å². The molecule has 3 nitrogen and oxygen atoms in total. The fourth-order valence-electron chi connectivity index (χ4n) is 1.82. The van der Waals surface area contributed by atoms with E-state index in [0.717, 1.165) is 24.9 Å². The molecule has 0 saturated carbocycles. The summed E-state index contributed by atoms with van der Waals surface area (Å²) >= 11 is 5.67. The summed E-state index contributed by atoms with van der Waals surface area (Å²) in [6, 6.07) is 7.44. The quantitative estimate of drug-likeness (QED) is 0.693. The highest BCUT2D eigenvalue weighted by Crippen LogP contribution is 2.23. The highest BCUT2D eigenvalue weighted by atomic mass is 127. The van der Waals surface area contributed by atoms with Crippen LogP contribution in [0.4, 0.5) is 0 Å². The van der Waals surface area contributed by atoms with Crippen LogP contribution >= 0.6 is 38.5 Å². The minimum atomic E-state index is -0.0000513. The third kappa shape index (κ3) is 3.39. The van der Waals surface area contributed by atoms with Crippen molar-refractivity contribution in [3.8, 4) is 5.75 Å². The largest absolute Gasteiger partial charge is 0.496 e. The summed E-state index contributed by atoms with van der Waals surface area (Å²) in [7, 11) is 1.63. The Kier molecular flexibility index (Phi) is 4.67. The van der Waals surface area contributed by atoms with Gasteiger partial charge in [-0.15, -0.1) is 0 Å². The van der Waals surface area contributed by atoms with Crippen molar-refractivity contribution in [2.24, 2.45) is 0 Å². The maximum Gasteiger partial charge on any atom is 0.251 e. The van der Waals surface area contributed by atoms with Gasteiger partial charge in [-0.1, -0.05) is 15.9 Å². The molecule has 0 aliphatic heterocycles. The summed E-state index contributed by atoms with van der Waals surface area (Å²) in [5.74, 6) is 0.783. The maximum absolute atomic E-state index is 12.0. The van der Waals surface area contributed by atoms with Gasteiger partial charge in [0.15, 0.2) is 0 Å². The molecule has 0 spiro atoms. The number of pyridine rings is 1. The lowest BCUT2D eigenvalue weighted by atomic mass is 10.2. The molecule has 0 bridgehead atoms. The van der Waals surface area contributed by atoms with E-state index >= 15 is 0 Å². The topological polar surface area (TPSA) is 31.2 Å². The van der Waals surface area contributed by atoms with Crippen LogP contribution in [0.25, 0.3) is 0 Å². The summed E-state index contributed by atoms with van der Waals surface area (Å²) in [5.41, 5.74) is 1.97. The molecule has 1 aromatic heterocycles. The van der Waals surface area contributed by atoms with E-state index in [2.05, 4.69) is 38.5 Å². The number of aromatic nitrogens is 1. The number of halogens is 2. The first-order valence-electron chi connectivity index (χ1n) is 5.70. The maximum atomic E-state index is 12.0. The molecule has 0 N–H and O–H groups in total. The predicted molar refractivity (Wildman–Crippen MR) is 88.0 cm³/mol. The minimum absolute atomic E-state index is 0.0000513. The molecule has 1 heterocycles. The van der Waals surface area contributed by atoms with Gasteiger partial charge in [0.05, 0.1) is 13.7 Å². The normalized spacial score (nSPS) is 10.5. The van der Waals surface area contributed by atoms with Crippen molar-refractivity contribution in [3.63, 3.8) is 0 Å². The van der Waals surface area contributed by atoms with Gasteiger partial charge in [-0.25, -0.2) is 0 Å². The second-order valence-corrected chi connectivity index (χ2v) is 6.30. The predicted octanol–water partition coefficient (Wildman–Crippen LogP) is 3.58. The zero-order valence-corrected chi connectivity index (χ0v) is 14.4. The highest BCUT2D eigenvalue weighted by molar-refractivity contribution is 14.1. The second-order valence-electron chi connectivity index (χ2n) is 4.23. The van der Waals surface area contributed by atoms with Crippen LogP contribution in [0.3, 0.4) is 0 Å². The molecule has 1 aromatic carbocycles. The van der Waals surface area contributed by atoms with Gasteiger partial charge in [-0.3, -0.25) is 4.79 Å². The number of rotatable bonds is 3. The molecule has 5 heteroatoms. The lowest BCUT2D eigenvalue weighted by molar-refractivity contribution is 0.408. The molecule has 19 heavy (non-hydrogen) atoms. The van der Waals surface area contributed by atoms with Gasteiger partial charge in [0, 0.05) is 25.9 Å². The number of hydrogen-bond acceptors (Lipinski definition) is 2. The Morgan fingerprint density at radius 2 is 2.11 bits per heavy atom. The molecule has 0 fully saturated rings. The zero-order valence-electron chi connectivity index (χ0n) is 10.6. The fraction of sp³-hybridized carbons (Fsp3) is 0.214. The summed E-state index contributed by atoms with van der Waals surface area (Å²) in [6.45, 7) is 2.44. The van der Waals surface area contributed by atoms with Crippen LogP contribution in [-0.2, 0) is 6.54 Å². The molecular weight excluding hydrogens is 421 g/mol. The fourth-order valence-corrected chi connectivity index (χ4v) is 2.72. The van der Waals surface area contributed by atoms with Crippen LogP contribution in [0.5, 0.6) is 5.75 Å². The van der Waals surface area contributed by atoms with Crippen molar-refractivity contribution >= 4 is 38.5 Å². The smallest absolute Gasteiger partial charge is 0.251 e. The lowest BCUT2D eigenvalue weighted by Crippen LogP contribution is -2.20. The van der Waals surface area contributed by atoms with Gasteiger partial charge in [0.1, 0.15) is 5.75 Å². The van der Waals surface area contributed by atoms with E-state index in [1.165, 1.54) is 0 Å². The first kappa shape index (κ1) is 14.6. The van der Waals surface area contributed by atoms with Crippen LogP contribution in [0.15, 0.2) is 39.7 Å². The number of ether oxygens (including phenoxy) is 1. The van der Waals surface area contributed by atoms with Crippen molar-refractivity contribution in [2.75, 3.05) is 7.11 Å². The van der Waals surface area contributed by atoms with Gasteiger partial charge >= 0.3 is 0 Å². The Labute approximate surface area is 133 Å². The van der Waals surface area contributed by atoms with Crippen molar-refractivity contribution in [1.82, 2.24) is 4.57 Å². The van der Waals surface area contributed by atoms with Gasteiger partial charge in [0.25, 0.3) is 5.56 Å². The van der Waals surface area contributed by atoms with Crippen LogP contribution in [0.1, 0.15) is 11.1 Å². The van der Waals surface area contributed by atoms with Crippen molar-refractivity contribution in [1.29, 1.82) is 0 Å². The number of benzene rings is 1. The standard InChI is InChI=1S/C14H13BrINO2/c1-9-5-14(18)17(8-12(9)16)7-10-6-11(15)3-4-13(10)19-2/h3-6,8H,7H2,1-2H3. The van der Waals surface area contributed by atoms with Crippen molar-refractivity contribution < 1.29 is 4.74 Å². The van der Waals surface area contributed by atoms with Crippen molar-refractivity contribution in [3.05, 3.63) is 60.0 Å². The first-order valence-corrected chi connectivity index (χ1v) is 7.57. The van der Waals surface area contributed by atoms with E-state index in [9.17, 15) is 4.79 Å². The Morgan fingerprint density at radius 3 is 2.79 bits per heavy atom. The van der Waals surface area contributed by atoms with E-state index in [-0.39, 0.29) is 5.56 Å². The molecule has 0 atom stereocenters. The second kappa shape index (κ2) is 6.09. The van der Waals surface area contributed by atoms with Gasteiger partial charge in [0.2, 0.25) is 0 Å². The SMILES string of the molecule is COc1ccc(Br)cc1Cn1cc(I)c(C)cc1=O. The Morgan fingerprint density at radius 1 is 1.37 bits per heavy atom. The van der Waals surface area contributed by atoms with Crippen LogP contribution in [-0.4, -0.2) is 11.7 Å². The van der Waals surface area contributed by atoms with Gasteiger partial charge < -0.3 is 9.30 Å². The molecule has 2 aromatic rings. The molecule has 0 aliphatic rings. The Balaban J connectivity index is 2.44. The number of nitrogens with zero attached hydrogens (tertiary/aromatic N) is 1. The summed E-state index contributed by atoms with van der Waals surface area (Å²) in [6.07, 6.45) is 1.87. The molecule has 0 saturated heterocycles. The molecule has 100 valence electrons. The van der Waals surface area contributed by atoms with Crippen LogP contribution in [0.2, 0.25) is 0 Å². The van der Waals surface area contributed by atoms with E-state index in [0.29, 0.717) is 6.54 Å². The summed E-state index contributed by atoms with van der Waals surface area (Å²) < 4.78 is 9.07. The minimum Gasteiger partial charge on any atom is -0.496 e. The molecule has 0 amide bonds. The van der Waals surface area contributed by atoms with E-state index in [1.807, 2.05) is 31.3 Å². The molecule has 0 radical (unpaired) electrons. The van der Waals surface area contributed by atoms with Crippen LogP contribution < -0.4 is 10.3 Å². The third-order valence-corrected chi connectivity index (χ3v) is 4.47. The number of hydrogen-bond donors (Lipinski definition) is 0. The average Bonchev–Trinajstić information content (AvgIpc) is 2.36. The highest BCUT2D eigenvalue weighted by Gasteiger charge is 2.07. The van der Waals surface area contributed by atoms with Gasteiger partial charge in [-0.2, -0.15) is 0 Å². The number of aryl methyl sites for hydroxylation is 1. The first-order chi connectivity index (χ1) is 9.01. The van der Waals surface area contributed by atoms with E-state index < -0.39 is 0 Å². The lowest BCUT2D eigenvalue weighted by Gasteiger charge is -2.12. The van der Waals surface area contributed by atoms with E-state index in [1.54, 1.807) is 17.7 Å². The Hall–Kier alpha value is -0.820. The summed E-state index contributed by atoms with van der Waals surface area (Å²) in [4.78, 5) is 12.0. The summed E-state index contributed by atoms with van der Waals surface area (Å²) in [5, 5.41) is 0. The Bertz CT molecular complexity index is 667. The molecular formula is C14H13BrINO2. The van der Waals surface area contributed by atoms with Gasteiger partial charge in [-0.05, 0) is 53.3 Å². The molecule has 0 aliphatic carbocycles. The third-order valence-electron chi connectivity index (χ3n) is 2.85. The zero-order chi connectivity index (χ0) is 14.0.